The summed E-state index contributed by atoms with van der Waals surface area (Å²) in [4.78, 5) is 18.5. The quantitative estimate of drug-likeness (QED) is 0.219. The second kappa shape index (κ2) is 12.8. The fourth-order valence-corrected chi connectivity index (χ4v) is 4.23. The standard InChI is InChI=1S/C25H40N4O3.HI/c1-18-9-6-7-10-20(18)21-17-22(21)28-23(26-5)29-14-11-19(12-15-29)31-16-8-13-27-24(30)32-25(2,3)4;/h6-7,9-10,19,21-22H,8,11-17H2,1-5H3,(H,26,28)(H,27,30);1H. The predicted molar refractivity (Wildman–Crippen MR) is 144 cm³/mol. The Hall–Kier alpha value is -1.55. The van der Waals surface area contributed by atoms with E-state index in [1.54, 1.807) is 0 Å². The van der Waals surface area contributed by atoms with E-state index >= 15 is 0 Å². The Bertz CT molecular complexity index is 788. The molecule has 2 aliphatic rings. The first-order valence-electron chi connectivity index (χ1n) is 11.9. The van der Waals surface area contributed by atoms with Gasteiger partial charge in [0.2, 0.25) is 0 Å². The highest BCUT2D eigenvalue weighted by molar-refractivity contribution is 14.0. The van der Waals surface area contributed by atoms with Crippen LogP contribution in [0.2, 0.25) is 0 Å². The number of nitrogens with zero attached hydrogens (tertiary/aromatic N) is 2. The Balaban J connectivity index is 0.00000385. The summed E-state index contributed by atoms with van der Waals surface area (Å²) in [5.41, 5.74) is 2.36. The minimum Gasteiger partial charge on any atom is -0.444 e. The monoisotopic (exact) mass is 572 g/mol. The molecule has 0 bridgehead atoms. The van der Waals surface area contributed by atoms with Gasteiger partial charge in [-0.15, -0.1) is 24.0 Å². The zero-order valence-electron chi connectivity index (χ0n) is 20.7. The molecule has 0 spiro atoms. The van der Waals surface area contributed by atoms with Gasteiger partial charge in [-0.05, 0) is 64.5 Å². The van der Waals surface area contributed by atoms with Gasteiger partial charge in [-0.3, -0.25) is 4.99 Å². The lowest BCUT2D eigenvalue weighted by molar-refractivity contribution is 0.0170. The van der Waals surface area contributed by atoms with E-state index in [4.69, 9.17) is 9.47 Å². The Labute approximate surface area is 216 Å². The van der Waals surface area contributed by atoms with Gasteiger partial charge in [0, 0.05) is 45.2 Å². The second-order valence-corrected chi connectivity index (χ2v) is 9.84. The van der Waals surface area contributed by atoms with Crippen molar-refractivity contribution in [1.29, 1.82) is 0 Å². The van der Waals surface area contributed by atoms with Crippen molar-refractivity contribution < 1.29 is 14.3 Å². The molecule has 0 aromatic heterocycles. The highest BCUT2D eigenvalue weighted by atomic mass is 127. The molecule has 8 heteroatoms. The van der Waals surface area contributed by atoms with Crippen LogP contribution in [0.1, 0.15) is 63.5 Å². The number of carbonyl (C=O) groups excluding carboxylic acids is 1. The highest BCUT2D eigenvalue weighted by Gasteiger charge is 2.40. The third-order valence-corrected chi connectivity index (χ3v) is 5.99. The molecule has 2 N–H and O–H groups in total. The Morgan fingerprint density at radius 3 is 2.55 bits per heavy atom. The van der Waals surface area contributed by atoms with Gasteiger partial charge in [0.15, 0.2) is 5.96 Å². The predicted octanol–water partition coefficient (Wildman–Crippen LogP) is 4.44. The Morgan fingerprint density at radius 1 is 1.21 bits per heavy atom. The van der Waals surface area contributed by atoms with Gasteiger partial charge in [-0.2, -0.15) is 0 Å². The molecule has 1 amide bonds. The molecule has 1 heterocycles. The van der Waals surface area contributed by atoms with Crippen LogP contribution in [-0.4, -0.2) is 68.0 Å². The van der Waals surface area contributed by atoms with Crippen LogP contribution < -0.4 is 10.6 Å². The van der Waals surface area contributed by atoms with E-state index in [0.29, 0.717) is 25.1 Å². The topological polar surface area (TPSA) is 75.2 Å². The van der Waals surface area contributed by atoms with Gasteiger partial charge in [0.1, 0.15) is 5.60 Å². The zero-order valence-corrected chi connectivity index (χ0v) is 23.1. The summed E-state index contributed by atoms with van der Waals surface area (Å²) < 4.78 is 11.3. The number of guanidine groups is 1. The van der Waals surface area contributed by atoms with Gasteiger partial charge in [0.05, 0.1) is 6.10 Å². The van der Waals surface area contributed by atoms with Crippen LogP contribution in [0.15, 0.2) is 29.3 Å². The van der Waals surface area contributed by atoms with Crippen molar-refractivity contribution in [2.24, 2.45) is 4.99 Å². The van der Waals surface area contributed by atoms with E-state index in [-0.39, 0.29) is 36.2 Å². The zero-order chi connectivity index (χ0) is 23.1. The normalized spacial score (nSPS) is 21.2. The summed E-state index contributed by atoms with van der Waals surface area (Å²) in [5, 5.41) is 6.45. The number of rotatable bonds is 7. The number of amides is 1. The number of ether oxygens (including phenoxy) is 2. The summed E-state index contributed by atoms with van der Waals surface area (Å²) in [5.74, 6) is 1.59. The van der Waals surface area contributed by atoms with Crippen LogP contribution >= 0.6 is 24.0 Å². The molecule has 1 aromatic carbocycles. The lowest BCUT2D eigenvalue weighted by atomic mass is 10.0. The molecule has 2 unspecified atom stereocenters. The number of benzene rings is 1. The first kappa shape index (κ1) is 27.7. The molecule has 7 nitrogen and oxygen atoms in total. The summed E-state index contributed by atoms with van der Waals surface area (Å²) in [6.45, 7) is 10.9. The van der Waals surface area contributed by atoms with Gasteiger partial charge < -0.3 is 25.0 Å². The number of likely N-dealkylation sites (tertiary alicyclic amines) is 1. The van der Waals surface area contributed by atoms with Crippen LogP contribution in [0.5, 0.6) is 0 Å². The Kier molecular flexibility index (Phi) is 10.7. The third-order valence-electron chi connectivity index (χ3n) is 5.99. The van der Waals surface area contributed by atoms with Crippen LogP contribution in [-0.2, 0) is 9.47 Å². The summed E-state index contributed by atoms with van der Waals surface area (Å²) in [7, 11) is 1.87. The van der Waals surface area contributed by atoms with Gasteiger partial charge in [0.25, 0.3) is 0 Å². The second-order valence-electron chi connectivity index (χ2n) is 9.84. The smallest absolute Gasteiger partial charge is 0.407 e. The molecule has 0 radical (unpaired) electrons. The molecule has 1 saturated carbocycles. The van der Waals surface area contributed by atoms with Crippen LogP contribution in [0, 0.1) is 6.92 Å². The van der Waals surface area contributed by atoms with Crippen molar-refractivity contribution in [1.82, 2.24) is 15.5 Å². The van der Waals surface area contributed by atoms with Crippen LogP contribution in [0.3, 0.4) is 0 Å². The average molecular weight is 573 g/mol. The number of aliphatic imine (C=N–C) groups is 1. The lowest BCUT2D eigenvalue weighted by Gasteiger charge is -2.34. The minimum absolute atomic E-state index is 0. The molecular formula is C25H41IN4O3. The van der Waals surface area contributed by atoms with E-state index in [1.807, 2.05) is 27.8 Å². The molecule has 1 aliphatic carbocycles. The van der Waals surface area contributed by atoms with E-state index in [2.05, 4.69) is 51.7 Å². The van der Waals surface area contributed by atoms with Crippen LogP contribution in [0.4, 0.5) is 4.79 Å². The number of aryl methyl sites for hydroxylation is 1. The molecule has 186 valence electrons. The van der Waals surface area contributed by atoms with Crippen LogP contribution in [0.25, 0.3) is 0 Å². The van der Waals surface area contributed by atoms with Gasteiger partial charge in [-0.1, -0.05) is 24.3 Å². The summed E-state index contributed by atoms with van der Waals surface area (Å²) in [6, 6.07) is 9.15. The van der Waals surface area contributed by atoms with Crippen molar-refractivity contribution in [3.8, 4) is 0 Å². The van der Waals surface area contributed by atoms with Crippen molar-refractivity contribution >= 4 is 36.0 Å². The summed E-state index contributed by atoms with van der Waals surface area (Å²) in [6.07, 6.45) is 3.83. The van der Waals surface area contributed by atoms with Crippen molar-refractivity contribution in [2.45, 2.75) is 77.0 Å². The van der Waals surface area contributed by atoms with E-state index in [1.165, 1.54) is 17.5 Å². The van der Waals surface area contributed by atoms with Crippen molar-refractivity contribution in [2.75, 3.05) is 33.3 Å². The first-order valence-corrected chi connectivity index (χ1v) is 11.9. The molecule has 1 saturated heterocycles. The van der Waals surface area contributed by atoms with Gasteiger partial charge >= 0.3 is 6.09 Å². The molecule has 33 heavy (non-hydrogen) atoms. The number of nitrogens with one attached hydrogen (secondary N) is 2. The molecular weight excluding hydrogens is 531 g/mol. The van der Waals surface area contributed by atoms with Crippen molar-refractivity contribution in [3.63, 3.8) is 0 Å². The number of carbonyl (C=O) groups is 1. The molecule has 3 rings (SSSR count). The van der Waals surface area contributed by atoms with Gasteiger partial charge in [-0.25, -0.2) is 4.79 Å². The molecule has 1 aromatic rings. The SMILES string of the molecule is CN=C(NC1CC1c1ccccc1C)N1CCC(OCCCNC(=O)OC(C)(C)C)CC1.I. The lowest BCUT2D eigenvalue weighted by Crippen LogP contribution is -2.47. The van der Waals surface area contributed by atoms with E-state index in [9.17, 15) is 4.79 Å². The number of hydrogen-bond acceptors (Lipinski definition) is 4. The third kappa shape index (κ3) is 8.96. The number of alkyl carbamates (subject to hydrolysis) is 1. The minimum atomic E-state index is -0.467. The molecule has 2 atom stereocenters. The molecule has 2 fully saturated rings. The maximum absolute atomic E-state index is 11.7. The van der Waals surface area contributed by atoms with E-state index in [0.717, 1.165) is 38.3 Å². The largest absolute Gasteiger partial charge is 0.444 e. The summed E-state index contributed by atoms with van der Waals surface area (Å²) >= 11 is 0. The maximum atomic E-state index is 11.7. The van der Waals surface area contributed by atoms with E-state index < -0.39 is 5.60 Å². The fraction of sp³-hybridized carbons (Fsp3) is 0.680. The Morgan fingerprint density at radius 2 is 1.91 bits per heavy atom. The fourth-order valence-electron chi connectivity index (χ4n) is 4.23. The number of hydrogen-bond donors (Lipinski definition) is 2. The number of halogens is 1. The number of piperidine rings is 1. The first-order chi connectivity index (χ1) is 15.3. The maximum Gasteiger partial charge on any atom is 0.407 e. The average Bonchev–Trinajstić information content (AvgIpc) is 3.50. The molecule has 1 aliphatic heterocycles. The highest BCUT2D eigenvalue weighted by Crippen LogP contribution is 2.42. The van der Waals surface area contributed by atoms with Crippen molar-refractivity contribution in [3.05, 3.63) is 35.4 Å².